The molecule has 0 saturated carbocycles. The van der Waals surface area contributed by atoms with Crippen LogP contribution >= 0.6 is 15.9 Å². The van der Waals surface area contributed by atoms with Crippen molar-refractivity contribution in [2.75, 3.05) is 6.61 Å². The van der Waals surface area contributed by atoms with E-state index in [2.05, 4.69) is 22.0 Å². The molecule has 1 aliphatic rings. The van der Waals surface area contributed by atoms with Crippen molar-refractivity contribution >= 4 is 21.7 Å². The summed E-state index contributed by atoms with van der Waals surface area (Å²) in [6.07, 6.45) is 0.827. The van der Waals surface area contributed by atoms with Crippen LogP contribution in [0.3, 0.4) is 0 Å². The fourth-order valence-corrected chi connectivity index (χ4v) is 2.79. The second-order valence-electron chi connectivity index (χ2n) is 5.06. The van der Waals surface area contributed by atoms with Gasteiger partial charge in [-0.25, -0.2) is 0 Å². The predicted molar refractivity (Wildman–Crippen MR) is 84.2 cm³/mol. The molecule has 21 heavy (non-hydrogen) atoms. The molecule has 0 radical (unpaired) electrons. The number of carbonyl (C=O) groups is 1. The standard InChI is InChI=1S/C17H15BrO3/c1-11(19)15-9-13(18)6-7-17(15)20-10-14-8-12-4-2-3-5-16(12)21-14/h2-7,9,14H,8,10H2,1H3. The predicted octanol–water partition coefficient (Wildman–Crippen LogP) is 4.03. The Hall–Kier alpha value is -1.81. The molecule has 0 aliphatic carbocycles. The summed E-state index contributed by atoms with van der Waals surface area (Å²) in [6.45, 7) is 1.97. The first-order valence-electron chi connectivity index (χ1n) is 6.81. The topological polar surface area (TPSA) is 35.5 Å². The molecule has 0 amide bonds. The number of hydrogen-bond acceptors (Lipinski definition) is 3. The van der Waals surface area contributed by atoms with Crippen molar-refractivity contribution in [2.24, 2.45) is 0 Å². The van der Waals surface area contributed by atoms with Crippen molar-refractivity contribution in [3.05, 3.63) is 58.1 Å². The smallest absolute Gasteiger partial charge is 0.163 e. The number of fused-ring (bicyclic) bond motifs is 1. The van der Waals surface area contributed by atoms with Gasteiger partial charge in [-0.2, -0.15) is 0 Å². The molecule has 3 rings (SSSR count). The molecule has 2 aromatic rings. The Kier molecular flexibility index (Phi) is 3.97. The number of rotatable bonds is 4. The Morgan fingerprint density at radius 1 is 1.33 bits per heavy atom. The third-order valence-electron chi connectivity index (χ3n) is 3.46. The molecule has 0 fully saturated rings. The van der Waals surface area contributed by atoms with Crippen molar-refractivity contribution in [1.29, 1.82) is 0 Å². The molecule has 3 nitrogen and oxygen atoms in total. The highest BCUT2D eigenvalue weighted by Crippen LogP contribution is 2.29. The lowest BCUT2D eigenvalue weighted by Crippen LogP contribution is -2.22. The maximum atomic E-state index is 11.7. The highest BCUT2D eigenvalue weighted by Gasteiger charge is 2.23. The van der Waals surface area contributed by atoms with Gasteiger partial charge in [0.25, 0.3) is 0 Å². The number of hydrogen-bond donors (Lipinski definition) is 0. The van der Waals surface area contributed by atoms with Gasteiger partial charge in [-0.15, -0.1) is 0 Å². The minimum absolute atomic E-state index is 0.00847. The van der Waals surface area contributed by atoms with E-state index in [4.69, 9.17) is 9.47 Å². The van der Waals surface area contributed by atoms with Gasteiger partial charge in [-0.3, -0.25) is 4.79 Å². The van der Waals surface area contributed by atoms with Gasteiger partial charge in [0.15, 0.2) is 5.78 Å². The number of halogens is 1. The summed E-state index contributed by atoms with van der Waals surface area (Å²) in [5.74, 6) is 1.51. The van der Waals surface area contributed by atoms with Gasteiger partial charge in [-0.1, -0.05) is 34.1 Å². The summed E-state index contributed by atoms with van der Waals surface area (Å²) in [4.78, 5) is 11.7. The molecule has 1 aliphatic heterocycles. The average Bonchev–Trinajstić information content (AvgIpc) is 2.88. The van der Waals surface area contributed by atoms with Crippen LogP contribution in [-0.4, -0.2) is 18.5 Å². The van der Waals surface area contributed by atoms with Crippen LogP contribution in [0.4, 0.5) is 0 Å². The minimum Gasteiger partial charge on any atom is -0.489 e. The van der Waals surface area contributed by atoms with Crippen LogP contribution in [0.15, 0.2) is 46.9 Å². The number of Topliss-reactive ketones (excluding diaryl/α,β-unsaturated/α-hetero) is 1. The molecule has 0 spiro atoms. The molecule has 0 N–H and O–H groups in total. The van der Waals surface area contributed by atoms with Gasteiger partial charge in [0.05, 0.1) is 5.56 Å². The van der Waals surface area contributed by atoms with Gasteiger partial charge in [0.1, 0.15) is 24.2 Å². The largest absolute Gasteiger partial charge is 0.489 e. The average molecular weight is 347 g/mol. The summed E-state index contributed by atoms with van der Waals surface area (Å²) in [5, 5.41) is 0. The molecule has 1 unspecified atom stereocenters. The number of carbonyl (C=O) groups excluding carboxylic acids is 1. The Bertz CT molecular complexity index is 656. The SMILES string of the molecule is CC(=O)c1cc(Br)ccc1OCC1Cc2ccccc2O1. The Morgan fingerprint density at radius 3 is 2.90 bits per heavy atom. The minimum atomic E-state index is -0.0121. The first-order chi connectivity index (χ1) is 10.1. The highest BCUT2D eigenvalue weighted by molar-refractivity contribution is 9.10. The van der Waals surface area contributed by atoms with Gasteiger partial charge < -0.3 is 9.47 Å². The normalized spacial score (nSPS) is 16.2. The van der Waals surface area contributed by atoms with Gasteiger partial charge in [0.2, 0.25) is 0 Å². The Morgan fingerprint density at radius 2 is 2.14 bits per heavy atom. The van der Waals surface area contributed by atoms with E-state index in [-0.39, 0.29) is 11.9 Å². The Labute approximate surface area is 132 Å². The summed E-state index contributed by atoms with van der Waals surface area (Å²) in [5.41, 5.74) is 1.79. The monoisotopic (exact) mass is 346 g/mol. The van der Waals surface area contributed by atoms with Crippen LogP contribution in [0.5, 0.6) is 11.5 Å². The molecule has 0 aromatic heterocycles. The lowest BCUT2D eigenvalue weighted by atomic mass is 10.1. The Balaban J connectivity index is 1.68. The fraction of sp³-hybridized carbons (Fsp3) is 0.235. The molecular formula is C17H15BrO3. The van der Waals surface area contributed by atoms with E-state index in [9.17, 15) is 4.79 Å². The van der Waals surface area contributed by atoms with Crippen LogP contribution < -0.4 is 9.47 Å². The van der Waals surface area contributed by atoms with Gasteiger partial charge >= 0.3 is 0 Å². The third-order valence-corrected chi connectivity index (χ3v) is 3.95. The van der Waals surface area contributed by atoms with E-state index < -0.39 is 0 Å². The van der Waals surface area contributed by atoms with Crippen molar-refractivity contribution < 1.29 is 14.3 Å². The molecule has 108 valence electrons. The number of ether oxygens (including phenoxy) is 2. The lowest BCUT2D eigenvalue weighted by Gasteiger charge is -2.14. The molecule has 1 heterocycles. The number of para-hydroxylation sites is 1. The molecule has 0 saturated heterocycles. The van der Waals surface area contributed by atoms with Crippen molar-refractivity contribution in [1.82, 2.24) is 0 Å². The van der Waals surface area contributed by atoms with Crippen LogP contribution in [0.1, 0.15) is 22.8 Å². The molecule has 4 heteroatoms. The first-order valence-corrected chi connectivity index (χ1v) is 7.60. The lowest BCUT2D eigenvalue weighted by molar-refractivity contribution is 0.100. The summed E-state index contributed by atoms with van der Waals surface area (Å²) >= 11 is 3.37. The van der Waals surface area contributed by atoms with Gasteiger partial charge in [-0.05, 0) is 36.8 Å². The summed E-state index contributed by atoms with van der Waals surface area (Å²) in [7, 11) is 0. The second-order valence-corrected chi connectivity index (χ2v) is 5.98. The van der Waals surface area contributed by atoms with Gasteiger partial charge in [0, 0.05) is 10.9 Å². The van der Waals surface area contributed by atoms with E-state index in [0.29, 0.717) is 17.9 Å². The maximum absolute atomic E-state index is 11.7. The first kappa shape index (κ1) is 14.1. The highest BCUT2D eigenvalue weighted by atomic mass is 79.9. The van der Waals surface area contributed by atoms with Crippen LogP contribution in [-0.2, 0) is 6.42 Å². The zero-order valence-corrected chi connectivity index (χ0v) is 13.2. The molecule has 0 bridgehead atoms. The zero-order chi connectivity index (χ0) is 14.8. The summed E-state index contributed by atoms with van der Waals surface area (Å²) in [6, 6.07) is 13.5. The quantitative estimate of drug-likeness (QED) is 0.784. The second kappa shape index (κ2) is 5.90. The number of ketones is 1. The van der Waals surface area contributed by atoms with E-state index >= 15 is 0 Å². The van der Waals surface area contributed by atoms with Crippen LogP contribution in [0.2, 0.25) is 0 Å². The number of benzene rings is 2. The van der Waals surface area contributed by atoms with Crippen LogP contribution in [0, 0.1) is 0 Å². The maximum Gasteiger partial charge on any atom is 0.163 e. The fourth-order valence-electron chi connectivity index (χ4n) is 2.43. The van der Waals surface area contributed by atoms with E-state index in [1.165, 1.54) is 12.5 Å². The van der Waals surface area contributed by atoms with Crippen molar-refractivity contribution in [3.63, 3.8) is 0 Å². The zero-order valence-electron chi connectivity index (χ0n) is 11.6. The van der Waals surface area contributed by atoms with E-state index in [1.807, 2.05) is 30.3 Å². The molecule has 1 atom stereocenters. The van der Waals surface area contributed by atoms with Crippen molar-refractivity contribution in [3.8, 4) is 11.5 Å². The molecule has 2 aromatic carbocycles. The third kappa shape index (κ3) is 3.10. The van der Waals surface area contributed by atoms with Crippen molar-refractivity contribution in [2.45, 2.75) is 19.4 Å². The van der Waals surface area contributed by atoms with E-state index in [0.717, 1.165) is 16.6 Å². The summed E-state index contributed by atoms with van der Waals surface area (Å²) < 4.78 is 12.5. The van der Waals surface area contributed by atoms with Crippen LogP contribution in [0.25, 0.3) is 0 Å². The molecular weight excluding hydrogens is 332 g/mol. The van der Waals surface area contributed by atoms with E-state index in [1.54, 1.807) is 6.07 Å².